The molecule has 2 aliphatic rings. The van der Waals surface area contributed by atoms with E-state index in [0.29, 0.717) is 25.8 Å². The summed E-state index contributed by atoms with van der Waals surface area (Å²) < 4.78 is 18.0. The molecule has 7 rings (SSSR count). The van der Waals surface area contributed by atoms with Crippen LogP contribution in [0.1, 0.15) is 36.8 Å². The van der Waals surface area contributed by atoms with Crippen molar-refractivity contribution in [1.82, 2.24) is 29.2 Å². The summed E-state index contributed by atoms with van der Waals surface area (Å²) in [6, 6.07) is 13.2. The largest absolute Gasteiger partial charge is 0.303 e. The van der Waals surface area contributed by atoms with Gasteiger partial charge in [-0.25, -0.2) is 9.40 Å². The minimum absolute atomic E-state index is 0.00426. The number of benzene rings is 2. The van der Waals surface area contributed by atoms with E-state index in [1.54, 1.807) is 11.1 Å². The van der Waals surface area contributed by atoms with Crippen molar-refractivity contribution < 1.29 is 9.18 Å². The maximum absolute atomic E-state index is 14.0. The minimum atomic E-state index is -0.286. The van der Waals surface area contributed by atoms with Crippen molar-refractivity contribution >= 4 is 33.5 Å². The average molecular weight is 564 g/mol. The van der Waals surface area contributed by atoms with Crippen LogP contribution in [0.2, 0.25) is 0 Å². The predicted octanol–water partition coefficient (Wildman–Crippen LogP) is 5.62. The van der Waals surface area contributed by atoms with Crippen molar-refractivity contribution in [2.75, 3.05) is 26.2 Å². The topological polar surface area (TPSA) is 71.6 Å². The number of rotatable bonds is 7. The third-order valence-electron chi connectivity index (χ3n) is 8.50. The molecule has 2 aliphatic heterocycles. The zero-order valence-electron chi connectivity index (χ0n) is 23.8. The first-order valence-corrected chi connectivity index (χ1v) is 14.8. The Hall–Kier alpha value is -4.37. The van der Waals surface area contributed by atoms with Gasteiger partial charge in [-0.2, -0.15) is 10.2 Å². The highest BCUT2D eigenvalue weighted by atomic mass is 19.1. The Morgan fingerprint density at radius 3 is 2.67 bits per heavy atom. The lowest BCUT2D eigenvalue weighted by Gasteiger charge is -2.24. The lowest BCUT2D eigenvalue weighted by molar-refractivity contribution is -0.131. The lowest BCUT2D eigenvalue weighted by Crippen LogP contribution is -2.35. The Labute approximate surface area is 244 Å². The van der Waals surface area contributed by atoms with E-state index in [1.807, 2.05) is 40.8 Å². The van der Waals surface area contributed by atoms with E-state index in [4.69, 9.17) is 10.1 Å². The first-order chi connectivity index (χ1) is 20.5. The number of aromatic nitrogens is 4. The highest BCUT2D eigenvalue weighted by molar-refractivity contribution is 5.99. The molecule has 0 atom stereocenters. The summed E-state index contributed by atoms with van der Waals surface area (Å²) in [6.45, 7) is 6.78. The molecule has 0 N–H and O–H groups in total. The van der Waals surface area contributed by atoms with Gasteiger partial charge in [-0.1, -0.05) is 6.07 Å². The second kappa shape index (κ2) is 11.1. The first-order valence-electron chi connectivity index (χ1n) is 14.8. The van der Waals surface area contributed by atoms with Gasteiger partial charge in [0.1, 0.15) is 11.7 Å². The summed E-state index contributed by atoms with van der Waals surface area (Å²) in [5, 5.41) is 12.9. The molecule has 0 spiro atoms. The molecule has 1 fully saturated rings. The number of hydrogen-bond donors (Lipinski definition) is 0. The quantitative estimate of drug-likeness (QED) is 0.258. The molecule has 8 nitrogen and oxygen atoms in total. The molecule has 0 radical (unpaired) electrons. The summed E-state index contributed by atoms with van der Waals surface area (Å²) >= 11 is 0. The Bertz CT molecular complexity index is 1810. The number of pyridine rings is 1. The molecular weight excluding hydrogens is 529 g/mol. The predicted molar refractivity (Wildman–Crippen MR) is 163 cm³/mol. The van der Waals surface area contributed by atoms with Gasteiger partial charge in [0, 0.05) is 66.4 Å². The number of carbonyl (C=O) groups is 1. The molecule has 0 aliphatic carbocycles. The van der Waals surface area contributed by atoms with Crippen LogP contribution in [0.15, 0.2) is 72.4 Å². The van der Waals surface area contributed by atoms with Crippen molar-refractivity contribution in [3.05, 3.63) is 84.2 Å². The first kappa shape index (κ1) is 26.5. The normalized spacial score (nSPS) is 16.2. The van der Waals surface area contributed by atoms with Crippen molar-refractivity contribution in [2.24, 2.45) is 5.10 Å². The number of fused-ring (bicyclic) bond motifs is 2. The molecular formula is C33H34FN7O. The Morgan fingerprint density at radius 2 is 1.79 bits per heavy atom. The summed E-state index contributed by atoms with van der Waals surface area (Å²) in [4.78, 5) is 20.0. The Morgan fingerprint density at radius 1 is 0.905 bits per heavy atom. The number of carbonyl (C=O) groups excluding carboxylic acids is 1. The molecule has 5 aromatic rings. The van der Waals surface area contributed by atoms with Crippen LogP contribution in [0.25, 0.3) is 32.9 Å². The van der Waals surface area contributed by atoms with E-state index in [9.17, 15) is 9.18 Å². The second-order valence-corrected chi connectivity index (χ2v) is 11.4. The van der Waals surface area contributed by atoms with Gasteiger partial charge in [-0.3, -0.25) is 14.5 Å². The summed E-state index contributed by atoms with van der Waals surface area (Å²) in [7, 11) is 0. The number of aryl methyl sites for hydroxylation is 1. The number of hydrogen-bond acceptors (Lipinski definition) is 5. The summed E-state index contributed by atoms with van der Waals surface area (Å²) in [5.41, 5.74) is 5.97. The van der Waals surface area contributed by atoms with E-state index in [1.165, 1.54) is 38.1 Å². The Kier molecular flexibility index (Phi) is 7.03. The van der Waals surface area contributed by atoms with Gasteiger partial charge >= 0.3 is 0 Å². The molecule has 0 bridgehead atoms. The zero-order chi connectivity index (χ0) is 28.6. The van der Waals surface area contributed by atoms with Crippen LogP contribution in [0.3, 0.4) is 0 Å². The highest BCUT2D eigenvalue weighted by Gasteiger charge is 2.23. The van der Waals surface area contributed by atoms with Crippen molar-refractivity contribution in [3.63, 3.8) is 0 Å². The van der Waals surface area contributed by atoms with Gasteiger partial charge in [-0.15, -0.1) is 0 Å². The maximum atomic E-state index is 14.0. The Balaban J connectivity index is 1.07. The van der Waals surface area contributed by atoms with Gasteiger partial charge in [-0.05, 0) is 86.8 Å². The molecule has 1 amide bonds. The van der Waals surface area contributed by atoms with E-state index < -0.39 is 0 Å². The van der Waals surface area contributed by atoms with E-state index in [2.05, 4.69) is 34.4 Å². The highest BCUT2D eigenvalue weighted by Crippen LogP contribution is 2.26. The zero-order valence-corrected chi connectivity index (χ0v) is 23.8. The summed E-state index contributed by atoms with van der Waals surface area (Å²) in [5.74, 6) is 0.475. The van der Waals surface area contributed by atoms with Gasteiger partial charge in [0.25, 0.3) is 0 Å². The summed E-state index contributed by atoms with van der Waals surface area (Å²) in [6.07, 6.45) is 12.1. The van der Waals surface area contributed by atoms with Crippen LogP contribution < -0.4 is 0 Å². The minimum Gasteiger partial charge on any atom is -0.303 e. The third-order valence-corrected chi connectivity index (χ3v) is 8.50. The molecule has 0 unspecified atom stereocenters. The molecule has 2 aromatic carbocycles. The van der Waals surface area contributed by atoms with Gasteiger partial charge < -0.3 is 9.47 Å². The molecule has 1 saturated heterocycles. The van der Waals surface area contributed by atoms with Gasteiger partial charge in [0.05, 0.1) is 23.8 Å². The van der Waals surface area contributed by atoms with Gasteiger partial charge in [0.15, 0.2) is 0 Å². The number of nitrogens with zero attached hydrogens (tertiary/aromatic N) is 7. The standard InChI is InChI=1S/C33H34FN7O/c1-23-21-40(31-18-28(34)5-6-29(23)31)32-8-9-33(42)41(37-32)13-10-24-4-7-30-25(16-24)17-26(19-35-30)27-20-36-39(22-27)15-14-38-11-2-3-12-38/h4-7,16-22H,2-3,8-15H2,1H3. The fourth-order valence-electron chi connectivity index (χ4n) is 6.13. The monoisotopic (exact) mass is 563 g/mol. The fourth-order valence-corrected chi connectivity index (χ4v) is 6.13. The number of likely N-dealkylation sites (tertiary alicyclic amines) is 1. The van der Waals surface area contributed by atoms with Crippen molar-refractivity contribution in [3.8, 4) is 11.1 Å². The molecule has 3 aromatic heterocycles. The van der Waals surface area contributed by atoms with Crippen LogP contribution in [0.5, 0.6) is 0 Å². The number of amides is 1. The van der Waals surface area contributed by atoms with E-state index in [-0.39, 0.29) is 11.7 Å². The van der Waals surface area contributed by atoms with Crippen LogP contribution in [-0.4, -0.2) is 67.2 Å². The van der Waals surface area contributed by atoms with Crippen LogP contribution in [0, 0.1) is 12.7 Å². The molecule has 5 heterocycles. The average Bonchev–Trinajstić information content (AvgIpc) is 3.76. The van der Waals surface area contributed by atoms with E-state index >= 15 is 0 Å². The SMILES string of the molecule is Cc1cn(C2=NN(CCc3ccc4ncc(-c5cnn(CCN6CCCC6)c5)cc4c3)C(=O)CC2)c2cc(F)ccc12. The molecule has 42 heavy (non-hydrogen) atoms. The maximum Gasteiger partial charge on any atom is 0.243 e. The van der Waals surface area contributed by atoms with Gasteiger partial charge in [0.2, 0.25) is 5.91 Å². The van der Waals surface area contributed by atoms with Crippen LogP contribution >= 0.6 is 0 Å². The van der Waals surface area contributed by atoms with E-state index in [0.717, 1.165) is 63.0 Å². The van der Waals surface area contributed by atoms with Crippen molar-refractivity contribution in [1.29, 1.82) is 0 Å². The smallest absolute Gasteiger partial charge is 0.243 e. The van der Waals surface area contributed by atoms with Crippen LogP contribution in [0.4, 0.5) is 4.39 Å². The van der Waals surface area contributed by atoms with Crippen LogP contribution in [-0.2, 0) is 17.8 Å². The second-order valence-electron chi connectivity index (χ2n) is 11.4. The van der Waals surface area contributed by atoms with Crippen molar-refractivity contribution in [2.45, 2.75) is 45.6 Å². The molecule has 214 valence electrons. The third kappa shape index (κ3) is 5.32. The number of hydrazone groups is 1. The number of halogens is 1. The lowest BCUT2D eigenvalue weighted by atomic mass is 10.0. The molecule has 0 saturated carbocycles. The fraction of sp³-hybridized carbons (Fsp3) is 0.333. The molecule has 9 heteroatoms.